The van der Waals surface area contributed by atoms with E-state index in [9.17, 15) is 27.6 Å². The number of halogens is 4. The highest BCUT2D eigenvalue weighted by Gasteiger charge is 2.38. The number of hydrogen-bond donors (Lipinski definition) is 4. The van der Waals surface area contributed by atoms with Crippen LogP contribution in [0.3, 0.4) is 0 Å². The molecule has 0 saturated carbocycles. The van der Waals surface area contributed by atoms with E-state index in [1.165, 1.54) is 0 Å². The summed E-state index contributed by atoms with van der Waals surface area (Å²) in [6, 6.07) is 5.65. The van der Waals surface area contributed by atoms with E-state index in [1.807, 2.05) is 32.0 Å². The molecular weight excluding hydrogens is 573 g/mol. The van der Waals surface area contributed by atoms with E-state index in [0.29, 0.717) is 37.2 Å². The Bertz CT molecular complexity index is 1300. The Morgan fingerprint density at radius 2 is 1.92 bits per heavy atom. The number of benzene rings is 1. The van der Waals surface area contributed by atoms with Crippen molar-refractivity contribution >= 4 is 56.8 Å². The molecule has 1 aromatic heterocycles. The Balaban J connectivity index is 0.000000505. The number of aromatic nitrogens is 1. The van der Waals surface area contributed by atoms with Crippen LogP contribution >= 0.6 is 15.9 Å². The molecule has 2 amide bonds. The molecule has 13 heteroatoms. The summed E-state index contributed by atoms with van der Waals surface area (Å²) >= 11 is 3.45. The molecule has 3 heterocycles. The standard InChI is InChI=1S/C23H25BrN4O3.C2HF3O2/c1-13-20(11-18-17-10-15(24)5-6-19(17)27-22(18)30)26-14(2)21(13)23(31)25-7-9-28-8-3-4-16(29)12-28;3-2(4,5)1(6)7/h5-6,10-11,26H,3-4,7-9,12H2,1-2H3,(H,25,31)(H,27,30);(H,6,7)/b18-11-;. The van der Waals surface area contributed by atoms with Crippen LogP contribution in [-0.4, -0.2) is 70.9 Å². The second-order valence-electron chi connectivity index (χ2n) is 8.84. The van der Waals surface area contributed by atoms with Crippen molar-refractivity contribution in [3.8, 4) is 0 Å². The van der Waals surface area contributed by atoms with Crippen LogP contribution in [0.2, 0.25) is 0 Å². The number of aromatic amines is 1. The number of nitrogens with zero attached hydrogens (tertiary/aromatic N) is 1. The molecule has 2 aromatic rings. The SMILES string of the molecule is Cc1[nH]c(/C=C2\C(=O)Nc3ccc(Br)cc32)c(C)c1C(=O)NCCN1CCCC(=O)C1.O=C(O)C(F)(F)F. The number of Topliss-reactive ketones (excluding diaryl/α,β-unsaturated/α-hetero) is 1. The van der Waals surface area contributed by atoms with Crippen LogP contribution in [0.1, 0.15) is 45.7 Å². The van der Waals surface area contributed by atoms with Gasteiger partial charge in [-0.2, -0.15) is 13.2 Å². The third-order valence-electron chi connectivity index (χ3n) is 6.04. The van der Waals surface area contributed by atoms with Crippen molar-refractivity contribution in [3.63, 3.8) is 0 Å². The van der Waals surface area contributed by atoms with E-state index in [4.69, 9.17) is 9.90 Å². The fourth-order valence-corrected chi connectivity index (χ4v) is 4.58. The largest absolute Gasteiger partial charge is 0.490 e. The predicted octanol–water partition coefficient (Wildman–Crippen LogP) is 3.91. The van der Waals surface area contributed by atoms with E-state index in [0.717, 1.165) is 45.6 Å². The number of rotatable bonds is 5. The molecule has 1 saturated heterocycles. The smallest absolute Gasteiger partial charge is 0.475 e. The number of fused-ring (bicyclic) bond motifs is 1. The van der Waals surface area contributed by atoms with E-state index < -0.39 is 12.1 Å². The second kappa shape index (κ2) is 11.9. The molecule has 0 aliphatic carbocycles. The quantitative estimate of drug-likeness (QED) is 0.386. The van der Waals surface area contributed by atoms with Gasteiger partial charge in [0.25, 0.3) is 11.8 Å². The number of likely N-dealkylation sites (tertiary alicyclic amines) is 1. The van der Waals surface area contributed by atoms with Crippen LogP contribution in [0.15, 0.2) is 22.7 Å². The Kier molecular flexibility index (Phi) is 9.15. The molecule has 0 spiro atoms. The zero-order chi connectivity index (χ0) is 28.2. The predicted molar refractivity (Wildman–Crippen MR) is 138 cm³/mol. The number of nitrogens with one attached hydrogen (secondary N) is 3. The number of alkyl halides is 3. The minimum atomic E-state index is -5.08. The number of H-pyrrole nitrogens is 1. The lowest BCUT2D eigenvalue weighted by Crippen LogP contribution is -2.41. The first-order valence-corrected chi connectivity index (χ1v) is 12.4. The average Bonchev–Trinajstić information content (AvgIpc) is 3.28. The molecule has 204 valence electrons. The molecule has 1 aromatic carbocycles. The summed E-state index contributed by atoms with van der Waals surface area (Å²) in [5.74, 6) is -2.82. The van der Waals surface area contributed by atoms with Crippen LogP contribution in [0.25, 0.3) is 11.6 Å². The van der Waals surface area contributed by atoms with Gasteiger partial charge in [0.15, 0.2) is 0 Å². The number of aryl methyl sites for hydroxylation is 1. The Morgan fingerprint density at radius 1 is 1.24 bits per heavy atom. The van der Waals surface area contributed by atoms with Gasteiger partial charge in [0.1, 0.15) is 5.78 Å². The number of amides is 2. The topological polar surface area (TPSA) is 132 Å². The number of ketones is 1. The van der Waals surface area contributed by atoms with Crippen LogP contribution in [0, 0.1) is 13.8 Å². The molecule has 0 bridgehead atoms. The van der Waals surface area contributed by atoms with Gasteiger partial charge in [-0.3, -0.25) is 19.3 Å². The molecule has 9 nitrogen and oxygen atoms in total. The summed E-state index contributed by atoms with van der Waals surface area (Å²) in [6.45, 7) is 6.23. The first-order chi connectivity index (χ1) is 17.8. The monoisotopic (exact) mass is 598 g/mol. The van der Waals surface area contributed by atoms with Crippen LogP contribution < -0.4 is 10.6 Å². The number of carboxylic acids is 1. The minimum absolute atomic E-state index is 0.154. The third kappa shape index (κ3) is 7.10. The lowest BCUT2D eigenvalue weighted by Gasteiger charge is -2.25. The van der Waals surface area contributed by atoms with Crippen molar-refractivity contribution in [1.29, 1.82) is 0 Å². The second-order valence-corrected chi connectivity index (χ2v) is 9.76. The number of carbonyl (C=O) groups is 4. The molecule has 38 heavy (non-hydrogen) atoms. The van der Waals surface area contributed by atoms with Crippen molar-refractivity contribution < 1.29 is 37.5 Å². The summed E-state index contributed by atoms with van der Waals surface area (Å²) in [5.41, 5.74) is 5.04. The summed E-state index contributed by atoms with van der Waals surface area (Å²) in [7, 11) is 0. The number of piperidine rings is 1. The van der Waals surface area contributed by atoms with Gasteiger partial charge in [0.2, 0.25) is 0 Å². The van der Waals surface area contributed by atoms with E-state index in [1.54, 1.807) is 6.08 Å². The molecule has 2 aliphatic heterocycles. The molecule has 4 N–H and O–H groups in total. The first kappa shape index (κ1) is 29.1. The van der Waals surface area contributed by atoms with Crippen LogP contribution in [0.5, 0.6) is 0 Å². The fraction of sp³-hybridized carbons (Fsp3) is 0.360. The highest BCUT2D eigenvalue weighted by Crippen LogP contribution is 2.35. The molecule has 4 rings (SSSR count). The van der Waals surface area contributed by atoms with E-state index in [-0.39, 0.29) is 17.6 Å². The lowest BCUT2D eigenvalue weighted by molar-refractivity contribution is -0.192. The van der Waals surface area contributed by atoms with Gasteiger partial charge < -0.3 is 20.7 Å². The maximum absolute atomic E-state index is 12.8. The molecule has 2 aliphatic rings. The summed E-state index contributed by atoms with van der Waals surface area (Å²) in [6.07, 6.45) is -1.75. The Morgan fingerprint density at radius 3 is 2.55 bits per heavy atom. The lowest BCUT2D eigenvalue weighted by atomic mass is 10.0. The van der Waals surface area contributed by atoms with Crippen molar-refractivity contribution in [2.75, 3.05) is 31.5 Å². The number of hydrogen-bond acceptors (Lipinski definition) is 5. The van der Waals surface area contributed by atoms with Crippen molar-refractivity contribution in [3.05, 3.63) is 50.8 Å². The summed E-state index contributed by atoms with van der Waals surface area (Å²) in [5, 5.41) is 13.0. The normalized spacial score (nSPS) is 16.5. The third-order valence-corrected chi connectivity index (χ3v) is 6.54. The van der Waals surface area contributed by atoms with Gasteiger partial charge in [-0.25, -0.2) is 4.79 Å². The van der Waals surface area contributed by atoms with E-state index in [2.05, 4.69) is 36.4 Å². The molecule has 1 fully saturated rings. The number of anilines is 1. The van der Waals surface area contributed by atoms with Gasteiger partial charge in [0, 0.05) is 46.6 Å². The molecule has 0 atom stereocenters. The Hall–Kier alpha value is -3.45. The van der Waals surface area contributed by atoms with Crippen molar-refractivity contribution in [1.82, 2.24) is 15.2 Å². The maximum atomic E-state index is 12.8. The van der Waals surface area contributed by atoms with Crippen LogP contribution in [-0.2, 0) is 14.4 Å². The van der Waals surface area contributed by atoms with Gasteiger partial charge in [-0.1, -0.05) is 15.9 Å². The van der Waals surface area contributed by atoms with Crippen LogP contribution in [0.4, 0.5) is 18.9 Å². The first-order valence-electron chi connectivity index (χ1n) is 11.6. The zero-order valence-electron chi connectivity index (χ0n) is 20.6. The minimum Gasteiger partial charge on any atom is -0.475 e. The number of aliphatic carboxylic acids is 1. The highest BCUT2D eigenvalue weighted by atomic mass is 79.9. The zero-order valence-corrected chi connectivity index (χ0v) is 22.2. The molecular formula is C25H26BrF3N4O5. The Labute approximate surface area is 224 Å². The highest BCUT2D eigenvalue weighted by molar-refractivity contribution is 9.10. The summed E-state index contributed by atoms with van der Waals surface area (Å²) < 4.78 is 32.6. The van der Waals surface area contributed by atoms with Gasteiger partial charge >= 0.3 is 12.1 Å². The molecule has 0 unspecified atom stereocenters. The molecule has 0 radical (unpaired) electrons. The maximum Gasteiger partial charge on any atom is 0.490 e. The summed E-state index contributed by atoms with van der Waals surface area (Å²) in [4.78, 5) is 51.1. The van der Waals surface area contributed by atoms with Gasteiger partial charge in [-0.05, 0) is 56.7 Å². The van der Waals surface area contributed by atoms with Crippen molar-refractivity contribution in [2.24, 2.45) is 0 Å². The number of carboxylic acid groups (broad SMARTS) is 1. The van der Waals surface area contributed by atoms with Gasteiger partial charge in [-0.15, -0.1) is 0 Å². The average molecular weight is 599 g/mol. The van der Waals surface area contributed by atoms with E-state index >= 15 is 0 Å². The van der Waals surface area contributed by atoms with Crippen molar-refractivity contribution in [2.45, 2.75) is 32.9 Å². The van der Waals surface area contributed by atoms with Gasteiger partial charge in [0.05, 0.1) is 17.7 Å². The fourth-order valence-electron chi connectivity index (χ4n) is 4.22. The number of carbonyl (C=O) groups excluding carboxylic acids is 3.